The van der Waals surface area contributed by atoms with Gasteiger partial charge in [0.05, 0.1) is 0 Å². The molecular weight excluding hydrogens is 198 g/mol. The first kappa shape index (κ1) is 11.5. The Kier molecular flexibility index (Phi) is 3.83. The lowest BCUT2D eigenvalue weighted by molar-refractivity contribution is 0.186. The zero-order valence-electron chi connectivity index (χ0n) is 10.3. The maximum atomic E-state index is 5.20. The van der Waals surface area contributed by atoms with Crippen molar-refractivity contribution in [1.29, 1.82) is 0 Å². The van der Waals surface area contributed by atoms with Gasteiger partial charge < -0.3 is 10.1 Å². The average Bonchev–Trinajstić information content (AvgIpc) is 2.35. The largest absolute Gasteiger partial charge is 0.385 e. The summed E-state index contributed by atoms with van der Waals surface area (Å²) in [5.41, 5.74) is 4.25. The molecule has 1 N–H and O–H groups in total. The van der Waals surface area contributed by atoms with E-state index in [1.807, 2.05) is 0 Å². The summed E-state index contributed by atoms with van der Waals surface area (Å²) in [5.74, 6) is 0.669. The van der Waals surface area contributed by atoms with Gasteiger partial charge in [-0.2, -0.15) is 0 Å². The first-order valence-corrected chi connectivity index (χ1v) is 6.20. The van der Waals surface area contributed by atoms with Crippen molar-refractivity contribution in [2.24, 2.45) is 0 Å². The van der Waals surface area contributed by atoms with Gasteiger partial charge in [0.15, 0.2) is 0 Å². The molecule has 2 rings (SSSR count). The predicted octanol–water partition coefficient (Wildman–Crippen LogP) is 3.18. The minimum absolute atomic E-state index is 0.669. The van der Waals surface area contributed by atoms with Crippen molar-refractivity contribution in [1.82, 2.24) is 0 Å². The number of rotatable bonds is 4. The van der Waals surface area contributed by atoms with Crippen LogP contribution in [0.4, 0.5) is 5.69 Å². The maximum absolute atomic E-state index is 5.20. The second-order valence-electron chi connectivity index (χ2n) is 4.47. The fourth-order valence-electron chi connectivity index (χ4n) is 2.43. The molecule has 2 nitrogen and oxygen atoms in total. The Morgan fingerprint density at radius 1 is 1.44 bits per heavy atom. The molecule has 1 aliphatic heterocycles. The number of ether oxygens (including phenoxy) is 1. The summed E-state index contributed by atoms with van der Waals surface area (Å²) >= 11 is 0. The first-order valence-electron chi connectivity index (χ1n) is 6.20. The molecule has 0 fully saturated rings. The highest BCUT2D eigenvalue weighted by atomic mass is 16.5. The van der Waals surface area contributed by atoms with Crippen molar-refractivity contribution in [2.45, 2.75) is 32.1 Å². The number of benzene rings is 1. The first-order chi connectivity index (χ1) is 7.85. The van der Waals surface area contributed by atoms with Gasteiger partial charge in [0.2, 0.25) is 0 Å². The number of anilines is 1. The molecule has 0 saturated carbocycles. The van der Waals surface area contributed by atoms with E-state index in [1.54, 1.807) is 7.11 Å². The molecule has 16 heavy (non-hydrogen) atoms. The Bertz CT molecular complexity index is 349. The molecule has 2 heteroatoms. The molecule has 0 saturated heterocycles. The van der Waals surface area contributed by atoms with E-state index in [2.05, 4.69) is 30.4 Å². The van der Waals surface area contributed by atoms with Crippen LogP contribution >= 0.6 is 0 Å². The summed E-state index contributed by atoms with van der Waals surface area (Å²) in [6, 6.07) is 6.82. The number of aryl methyl sites for hydroxylation is 1. The monoisotopic (exact) mass is 219 g/mol. The van der Waals surface area contributed by atoms with E-state index < -0.39 is 0 Å². The number of hydrogen-bond acceptors (Lipinski definition) is 2. The van der Waals surface area contributed by atoms with Crippen LogP contribution in [-0.2, 0) is 11.2 Å². The van der Waals surface area contributed by atoms with Crippen LogP contribution in [0, 0.1) is 0 Å². The highest BCUT2D eigenvalue weighted by Gasteiger charge is 2.19. The third kappa shape index (κ3) is 2.38. The molecule has 0 amide bonds. The molecule has 1 atom stereocenters. The van der Waals surface area contributed by atoms with Crippen LogP contribution < -0.4 is 5.32 Å². The molecular formula is C14H21NO. The van der Waals surface area contributed by atoms with Crippen LogP contribution in [0.25, 0.3) is 0 Å². The summed E-state index contributed by atoms with van der Waals surface area (Å²) in [6.45, 7) is 4.16. The van der Waals surface area contributed by atoms with Gasteiger partial charge in [-0.1, -0.05) is 19.1 Å². The molecule has 88 valence electrons. The van der Waals surface area contributed by atoms with Crippen LogP contribution in [0.15, 0.2) is 18.2 Å². The van der Waals surface area contributed by atoms with Crippen LogP contribution in [0.5, 0.6) is 0 Å². The minimum Gasteiger partial charge on any atom is -0.385 e. The standard InChI is InChI=1S/C14H21NO/c1-3-11-4-5-14-13(10-11)12(6-8-15-14)7-9-16-2/h4-5,10,12,15H,3,6-9H2,1-2H3. The van der Waals surface area contributed by atoms with Gasteiger partial charge in [-0.3, -0.25) is 0 Å². The summed E-state index contributed by atoms with van der Waals surface area (Å²) in [5, 5.41) is 3.48. The van der Waals surface area contributed by atoms with Crippen LogP contribution in [0.3, 0.4) is 0 Å². The van der Waals surface area contributed by atoms with Crippen molar-refractivity contribution in [3.05, 3.63) is 29.3 Å². The molecule has 1 aliphatic rings. The van der Waals surface area contributed by atoms with Crippen LogP contribution in [-0.4, -0.2) is 20.3 Å². The highest BCUT2D eigenvalue weighted by molar-refractivity contribution is 5.56. The average molecular weight is 219 g/mol. The summed E-state index contributed by atoms with van der Waals surface area (Å²) < 4.78 is 5.20. The SMILES string of the molecule is CCc1ccc2c(c1)C(CCOC)CCN2. The zero-order valence-corrected chi connectivity index (χ0v) is 10.3. The predicted molar refractivity (Wildman–Crippen MR) is 68.2 cm³/mol. The van der Waals surface area contributed by atoms with Gasteiger partial charge in [0, 0.05) is 25.9 Å². The zero-order chi connectivity index (χ0) is 11.4. The van der Waals surface area contributed by atoms with E-state index in [4.69, 9.17) is 4.74 Å². The second-order valence-corrected chi connectivity index (χ2v) is 4.47. The molecule has 1 heterocycles. The Balaban J connectivity index is 2.21. The van der Waals surface area contributed by atoms with E-state index in [0.717, 1.165) is 26.0 Å². The summed E-state index contributed by atoms with van der Waals surface area (Å²) in [4.78, 5) is 0. The fourth-order valence-corrected chi connectivity index (χ4v) is 2.43. The smallest absolute Gasteiger partial charge is 0.0468 e. The second kappa shape index (κ2) is 5.35. The third-order valence-electron chi connectivity index (χ3n) is 3.44. The summed E-state index contributed by atoms with van der Waals surface area (Å²) in [7, 11) is 1.78. The van der Waals surface area contributed by atoms with Gasteiger partial charge in [-0.15, -0.1) is 0 Å². The Hall–Kier alpha value is -1.02. The Labute approximate surface area is 98.0 Å². The number of nitrogens with one attached hydrogen (secondary N) is 1. The van der Waals surface area contributed by atoms with E-state index in [0.29, 0.717) is 5.92 Å². The van der Waals surface area contributed by atoms with Crippen molar-refractivity contribution in [2.75, 3.05) is 25.6 Å². The maximum Gasteiger partial charge on any atom is 0.0468 e. The Morgan fingerprint density at radius 3 is 3.06 bits per heavy atom. The van der Waals surface area contributed by atoms with Crippen molar-refractivity contribution >= 4 is 5.69 Å². The molecule has 0 bridgehead atoms. The highest BCUT2D eigenvalue weighted by Crippen LogP contribution is 2.34. The lowest BCUT2D eigenvalue weighted by atomic mass is 9.87. The lowest BCUT2D eigenvalue weighted by Gasteiger charge is -2.27. The summed E-state index contributed by atoms with van der Waals surface area (Å²) in [6.07, 6.45) is 3.48. The minimum atomic E-state index is 0.669. The van der Waals surface area contributed by atoms with E-state index >= 15 is 0 Å². The normalized spacial score (nSPS) is 19.0. The van der Waals surface area contributed by atoms with Gasteiger partial charge in [-0.25, -0.2) is 0 Å². The molecule has 1 aromatic carbocycles. The topological polar surface area (TPSA) is 21.3 Å². The molecule has 1 unspecified atom stereocenters. The lowest BCUT2D eigenvalue weighted by Crippen LogP contribution is -2.18. The van der Waals surface area contributed by atoms with Gasteiger partial charge in [0.25, 0.3) is 0 Å². The van der Waals surface area contributed by atoms with Gasteiger partial charge in [-0.05, 0) is 42.4 Å². The molecule has 0 radical (unpaired) electrons. The number of methoxy groups -OCH3 is 1. The fraction of sp³-hybridized carbons (Fsp3) is 0.571. The van der Waals surface area contributed by atoms with Crippen molar-refractivity contribution in [3.63, 3.8) is 0 Å². The van der Waals surface area contributed by atoms with E-state index in [9.17, 15) is 0 Å². The third-order valence-corrected chi connectivity index (χ3v) is 3.44. The van der Waals surface area contributed by atoms with Gasteiger partial charge in [0.1, 0.15) is 0 Å². The molecule has 1 aromatic rings. The van der Waals surface area contributed by atoms with E-state index in [-0.39, 0.29) is 0 Å². The van der Waals surface area contributed by atoms with E-state index in [1.165, 1.54) is 23.2 Å². The molecule has 0 aliphatic carbocycles. The van der Waals surface area contributed by atoms with Crippen molar-refractivity contribution < 1.29 is 4.74 Å². The number of fused-ring (bicyclic) bond motifs is 1. The molecule has 0 spiro atoms. The number of hydrogen-bond donors (Lipinski definition) is 1. The molecule has 0 aromatic heterocycles. The van der Waals surface area contributed by atoms with Crippen LogP contribution in [0.1, 0.15) is 36.8 Å². The Morgan fingerprint density at radius 2 is 2.31 bits per heavy atom. The van der Waals surface area contributed by atoms with Crippen LogP contribution in [0.2, 0.25) is 0 Å². The van der Waals surface area contributed by atoms with Gasteiger partial charge >= 0.3 is 0 Å². The quantitative estimate of drug-likeness (QED) is 0.839. The van der Waals surface area contributed by atoms with Crippen molar-refractivity contribution in [3.8, 4) is 0 Å².